The van der Waals surface area contributed by atoms with Crippen molar-refractivity contribution in [2.24, 2.45) is 0 Å². The maximum absolute atomic E-state index is 3.84. The van der Waals surface area contributed by atoms with Crippen LogP contribution in [0.1, 0.15) is 64.2 Å². The molecule has 0 saturated heterocycles. The summed E-state index contributed by atoms with van der Waals surface area (Å²) in [5, 5.41) is 0. The van der Waals surface area contributed by atoms with E-state index in [1.807, 2.05) is 6.42 Å². The minimum Gasteiger partial charge on any atom is -0.0533 e. The van der Waals surface area contributed by atoms with Gasteiger partial charge in [0, 0.05) is 0 Å². The third-order valence-electron chi connectivity index (χ3n) is 2.41. The molecule has 0 nitrogen and oxygen atoms in total. The number of hydrogen-bond acceptors (Lipinski definition) is 0. The minimum atomic E-state index is 1.11. The van der Waals surface area contributed by atoms with Crippen molar-refractivity contribution in [3.8, 4) is 0 Å². The van der Waals surface area contributed by atoms with E-state index in [0.29, 0.717) is 0 Å². The van der Waals surface area contributed by atoms with Gasteiger partial charge in [0.1, 0.15) is 0 Å². The predicted octanol–water partition coefficient (Wildman–Crippen LogP) is 4.76. The lowest BCUT2D eigenvalue weighted by molar-refractivity contribution is 0.569. The van der Waals surface area contributed by atoms with E-state index in [-0.39, 0.29) is 0 Å². The van der Waals surface area contributed by atoms with E-state index in [1.54, 1.807) is 0 Å². The van der Waals surface area contributed by atoms with Gasteiger partial charge in [0.25, 0.3) is 0 Å². The Labute approximate surface area is 85.1 Å². The average molecular weight is 181 g/mol. The summed E-state index contributed by atoms with van der Waals surface area (Å²) < 4.78 is 0. The molecule has 0 aliphatic carbocycles. The molecule has 0 aromatic rings. The van der Waals surface area contributed by atoms with Gasteiger partial charge in [0.2, 0.25) is 0 Å². The van der Waals surface area contributed by atoms with E-state index in [1.165, 1.54) is 57.8 Å². The average Bonchev–Trinajstić information content (AvgIpc) is 2.16. The van der Waals surface area contributed by atoms with Gasteiger partial charge in [-0.15, -0.1) is 0 Å². The monoisotopic (exact) mass is 181 g/mol. The third-order valence-corrected chi connectivity index (χ3v) is 2.41. The van der Waals surface area contributed by atoms with Crippen LogP contribution >= 0.6 is 0 Å². The topological polar surface area (TPSA) is 0 Å². The van der Waals surface area contributed by atoms with Crippen LogP contribution in [-0.2, 0) is 0 Å². The van der Waals surface area contributed by atoms with E-state index < -0.39 is 0 Å². The molecule has 0 bridgehead atoms. The van der Waals surface area contributed by atoms with Crippen LogP contribution in [0.2, 0.25) is 0 Å². The Morgan fingerprint density at radius 3 is 1.62 bits per heavy atom. The van der Waals surface area contributed by atoms with Crippen molar-refractivity contribution in [3.05, 3.63) is 20.3 Å². The maximum atomic E-state index is 3.84. The van der Waals surface area contributed by atoms with Gasteiger partial charge in [-0.2, -0.15) is 0 Å². The van der Waals surface area contributed by atoms with Crippen molar-refractivity contribution in [2.75, 3.05) is 0 Å². The summed E-state index contributed by atoms with van der Waals surface area (Å²) in [6.07, 6.45) is 15.4. The molecule has 0 spiro atoms. The molecule has 0 fully saturated rings. The lowest BCUT2D eigenvalue weighted by Gasteiger charge is -2.00. The third kappa shape index (κ3) is 12.0. The van der Waals surface area contributed by atoms with Crippen LogP contribution in [0, 0.1) is 20.3 Å². The van der Waals surface area contributed by atoms with E-state index in [2.05, 4.69) is 13.8 Å². The fourth-order valence-corrected chi connectivity index (χ4v) is 1.53. The van der Waals surface area contributed by atoms with Gasteiger partial charge < -0.3 is 0 Å². The van der Waals surface area contributed by atoms with Gasteiger partial charge in [-0.25, -0.2) is 0 Å². The predicted molar refractivity (Wildman–Crippen MR) is 61.2 cm³/mol. The van der Waals surface area contributed by atoms with E-state index in [9.17, 15) is 0 Å². The van der Waals surface area contributed by atoms with Gasteiger partial charge in [-0.1, -0.05) is 71.1 Å². The zero-order chi connectivity index (χ0) is 9.78. The molecule has 0 heteroatoms. The summed E-state index contributed by atoms with van der Waals surface area (Å²) in [7, 11) is 0. The number of rotatable bonds is 10. The molecule has 0 heterocycles. The molecular weight excluding hydrogens is 156 g/mol. The highest BCUT2D eigenvalue weighted by Crippen LogP contribution is 2.10. The summed E-state index contributed by atoms with van der Waals surface area (Å²) >= 11 is 0. The Morgan fingerprint density at radius 2 is 1.15 bits per heavy atom. The van der Waals surface area contributed by atoms with Crippen molar-refractivity contribution in [3.63, 3.8) is 0 Å². The molecule has 0 amide bonds. The Balaban J connectivity index is 2.76. The van der Waals surface area contributed by atoms with E-state index in [4.69, 9.17) is 0 Å². The minimum absolute atomic E-state index is 1.11. The number of hydrogen-bond donors (Lipinski definition) is 0. The fraction of sp³-hybridized carbons (Fsp3) is 0.769. The highest BCUT2D eigenvalue weighted by atomic mass is 14.0. The molecule has 0 aromatic heterocycles. The van der Waals surface area contributed by atoms with Crippen LogP contribution < -0.4 is 0 Å². The highest BCUT2D eigenvalue weighted by Gasteiger charge is 1.91. The quantitative estimate of drug-likeness (QED) is 0.426. The molecular formula is C13H25. The Hall–Kier alpha value is 0. The van der Waals surface area contributed by atoms with Crippen molar-refractivity contribution in [1.82, 2.24) is 0 Å². The Morgan fingerprint density at radius 1 is 0.692 bits per heavy atom. The standard InChI is InChI=1S/C13H25/c1-3-5-7-9-11-13-12-10-8-6-4-2/h3H,1-2,4-13H2. The van der Waals surface area contributed by atoms with Crippen LogP contribution in [0.15, 0.2) is 0 Å². The molecule has 77 valence electrons. The zero-order valence-electron chi connectivity index (χ0n) is 9.06. The summed E-state index contributed by atoms with van der Waals surface area (Å²) in [4.78, 5) is 0. The van der Waals surface area contributed by atoms with Crippen molar-refractivity contribution in [2.45, 2.75) is 64.2 Å². The Kier molecular flexibility index (Phi) is 12.0. The first-order valence-corrected chi connectivity index (χ1v) is 5.82. The van der Waals surface area contributed by atoms with Crippen LogP contribution in [0.3, 0.4) is 0 Å². The summed E-state index contributed by atoms with van der Waals surface area (Å²) in [5.41, 5.74) is 0. The lowest BCUT2D eigenvalue weighted by Crippen LogP contribution is -1.81. The molecule has 0 saturated carbocycles. The summed E-state index contributed by atoms with van der Waals surface area (Å²) in [6, 6.07) is 0. The van der Waals surface area contributed by atoms with Crippen LogP contribution in [0.4, 0.5) is 0 Å². The number of unbranched alkanes of at least 4 members (excludes halogenated alkanes) is 10. The second-order valence-corrected chi connectivity index (χ2v) is 3.76. The van der Waals surface area contributed by atoms with Gasteiger partial charge in [-0.05, 0) is 13.3 Å². The van der Waals surface area contributed by atoms with Crippen LogP contribution in [0.25, 0.3) is 0 Å². The molecule has 0 aliphatic heterocycles. The first kappa shape index (κ1) is 13.0. The summed E-state index contributed by atoms with van der Waals surface area (Å²) in [5.74, 6) is 0. The summed E-state index contributed by atoms with van der Waals surface area (Å²) in [6.45, 7) is 7.57. The normalized spacial score (nSPS) is 10.6. The SMILES string of the molecule is [CH2][CH]CCCCCCCCCC[CH2]. The maximum Gasteiger partial charge on any atom is -0.0386 e. The van der Waals surface area contributed by atoms with Crippen LogP contribution in [-0.4, -0.2) is 0 Å². The highest BCUT2D eigenvalue weighted by molar-refractivity contribution is 4.65. The molecule has 13 heavy (non-hydrogen) atoms. The fourth-order valence-electron chi connectivity index (χ4n) is 1.53. The molecule has 0 aromatic carbocycles. The second kappa shape index (κ2) is 12.0. The molecule has 0 atom stereocenters. The zero-order valence-corrected chi connectivity index (χ0v) is 9.06. The Bertz CT molecular complexity index is 66.1. The second-order valence-electron chi connectivity index (χ2n) is 3.76. The molecule has 0 rings (SSSR count). The van der Waals surface area contributed by atoms with E-state index >= 15 is 0 Å². The van der Waals surface area contributed by atoms with Crippen LogP contribution in [0.5, 0.6) is 0 Å². The molecule has 3 radical (unpaired) electrons. The first-order valence-electron chi connectivity index (χ1n) is 5.82. The van der Waals surface area contributed by atoms with Gasteiger partial charge in [0.15, 0.2) is 0 Å². The van der Waals surface area contributed by atoms with Gasteiger partial charge in [0.05, 0.1) is 0 Å². The molecule has 0 unspecified atom stereocenters. The smallest absolute Gasteiger partial charge is 0.0386 e. The lowest BCUT2D eigenvalue weighted by atomic mass is 10.1. The van der Waals surface area contributed by atoms with E-state index in [0.717, 1.165) is 6.42 Å². The van der Waals surface area contributed by atoms with Crippen molar-refractivity contribution < 1.29 is 0 Å². The largest absolute Gasteiger partial charge is 0.0533 e. The van der Waals surface area contributed by atoms with Crippen molar-refractivity contribution in [1.29, 1.82) is 0 Å². The van der Waals surface area contributed by atoms with Crippen molar-refractivity contribution >= 4 is 0 Å². The molecule has 0 N–H and O–H groups in total. The van der Waals surface area contributed by atoms with Gasteiger partial charge in [-0.3, -0.25) is 0 Å². The first-order chi connectivity index (χ1) is 6.41. The van der Waals surface area contributed by atoms with Gasteiger partial charge >= 0.3 is 0 Å². The molecule has 0 aliphatic rings.